The van der Waals surface area contributed by atoms with Gasteiger partial charge in [0.25, 0.3) is 5.91 Å². The fourth-order valence-electron chi connectivity index (χ4n) is 2.18. The predicted molar refractivity (Wildman–Crippen MR) is 78.7 cm³/mol. The highest BCUT2D eigenvalue weighted by atomic mass is 16.5. The van der Waals surface area contributed by atoms with Gasteiger partial charge in [-0.3, -0.25) is 4.79 Å². The summed E-state index contributed by atoms with van der Waals surface area (Å²) in [6.45, 7) is 0.530. The molecule has 0 atom stereocenters. The van der Waals surface area contributed by atoms with Gasteiger partial charge in [-0.2, -0.15) is 5.10 Å². The first-order valence-corrected chi connectivity index (χ1v) is 6.63. The Balaban J connectivity index is 1.82. The molecule has 1 heterocycles. The van der Waals surface area contributed by atoms with Gasteiger partial charge in [0.1, 0.15) is 11.5 Å². The van der Waals surface area contributed by atoms with Gasteiger partial charge in [0, 0.05) is 12.0 Å². The summed E-state index contributed by atoms with van der Waals surface area (Å²) in [7, 11) is 0. The van der Waals surface area contributed by atoms with Gasteiger partial charge in [-0.25, -0.2) is 5.43 Å². The van der Waals surface area contributed by atoms with E-state index in [1.807, 2.05) is 24.3 Å². The van der Waals surface area contributed by atoms with Crippen LogP contribution in [0.4, 0.5) is 0 Å². The number of aromatic hydroxyl groups is 1. The van der Waals surface area contributed by atoms with Crippen LogP contribution in [0.1, 0.15) is 22.3 Å². The third-order valence-electron chi connectivity index (χ3n) is 3.24. The number of nitrogens with zero attached hydrogens (tertiary/aromatic N) is 1. The minimum Gasteiger partial charge on any atom is -0.507 e. The van der Waals surface area contributed by atoms with E-state index >= 15 is 0 Å². The Bertz CT molecular complexity index is 710. The molecule has 0 spiro atoms. The second-order valence-electron chi connectivity index (χ2n) is 4.61. The molecular weight excluding hydrogens is 268 g/mol. The first kappa shape index (κ1) is 13.2. The SMILES string of the molecule is O=C(N/N=C1/CCOc2ccccc21)c1ccccc1O. The lowest BCUT2D eigenvalue weighted by Gasteiger charge is -2.18. The molecule has 1 aliphatic rings. The van der Waals surface area contributed by atoms with Gasteiger partial charge in [0.2, 0.25) is 0 Å². The average Bonchev–Trinajstić information content (AvgIpc) is 2.53. The molecule has 0 saturated carbocycles. The van der Waals surface area contributed by atoms with Gasteiger partial charge >= 0.3 is 0 Å². The van der Waals surface area contributed by atoms with Gasteiger partial charge in [-0.05, 0) is 24.3 Å². The van der Waals surface area contributed by atoms with Crippen molar-refractivity contribution in [2.24, 2.45) is 5.10 Å². The summed E-state index contributed by atoms with van der Waals surface area (Å²) in [4.78, 5) is 12.0. The number of carbonyl (C=O) groups is 1. The number of hydrogen-bond acceptors (Lipinski definition) is 4. The van der Waals surface area contributed by atoms with Crippen LogP contribution in [0.2, 0.25) is 0 Å². The summed E-state index contributed by atoms with van der Waals surface area (Å²) in [5.41, 5.74) is 4.32. The number of ether oxygens (including phenoxy) is 1. The van der Waals surface area contributed by atoms with Crippen molar-refractivity contribution in [1.29, 1.82) is 0 Å². The van der Waals surface area contributed by atoms with E-state index in [9.17, 15) is 9.90 Å². The largest absolute Gasteiger partial charge is 0.507 e. The van der Waals surface area contributed by atoms with Gasteiger partial charge in [-0.1, -0.05) is 24.3 Å². The van der Waals surface area contributed by atoms with Crippen LogP contribution in [0, 0.1) is 0 Å². The van der Waals surface area contributed by atoms with Crippen LogP contribution < -0.4 is 10.2 Å². The number of amides is 1. The molecule has 0 aromatic heterocycles. The second kappa shape index (κ2) is 5.66. The van der Waals surface area contributed by atoms with E-state index in [4.69, 9.17) is 4.74 Å². The molecule has 1 amide bonds. The number of hydrogen-bond donors (Lipinski definition) is 2. The summed E-state index contributed by atoms with van der Waals surface area (Å²) in [5.74, 6) is 0.256. The fraction of sp³-hybridized carbons (Fsp3) is 0.125. The minimum atomic E-state index is -0.440. The lowest BCUT2D eigenvalue weighted by molar-refractivity contribution is 0.0952. The zero-order valence-electron chi connectivity index (χ0n) is 11.2. The van der Waals surface area contributed by atoms with Crippen molar-refractivity contribution in [3.8, 4) is 11.5 Å². The number of benzene rings is 2. The summed E-state index contributed by atoms with van der Waals surface area (Å²) < 4.78 is 5.53. The zero-order valence-corrected chi connectivity index (χ0v) is 11.2. The fourth-order valence-corrected chi connectivity index (χ4v) is 2.18. The van der Waals surface area contributed by atoms with Crippen molar-refractivity contribution in [3.63, 3.8) is 0 Å². The standard InChI is InChI=1S/C16H14N2O3/c19-14-7-3-1-6-12(14)16(20)18-17-13-9-10-21-15-8-4-2-5-11(13)15/h1-8,19H,9-10H2,(H,18,20)/b17-13-. The maximum absolute atomic E-state index is 12.0. The predicted octanol–water partition coefficient (Wildman–Crippen LogP) is 2.31. The van der Waals surface area contributed by atoms with Crippen LogP contribution in [0.15, 0.2) is 53.6 Å². The van der Waals surface area contributed by atoms with Crippen molar-refractivity contribution in [2.45, 2.75) is 6.42 Å². The van der Waals surface area contributed by atoms with Gasteiger partial charge in [0.15, 0.2) is 0 Å². The Labute approximate surface area is 121 Å². The number of fused-ring (bicyclic) bond motifs is 1. The number of hydrazone groups is 1. The number of phenols is 1. The molecule has 0 saturated heterocycles. The van der Waals surface area contributed by atoms with Crippen LogP contribution in [0.25, 0.3) is 0 Å². The van der Waals surface area contributed by atoms with Crippen molar-refractivity contribution in [1.82, 2.24) is 5.43 Å². The number of nitrogens with one attached hydrogen (secondary N) is 1. The monoisotopic (exact) mass is 282 g/mol. The Morgan fingerprint density at radius 3 is 2.76 bits per heavy atom. The normalized spacial score (nSPS) is 15.1. The third-order valence-corrected chi connectivity index (χ3v) is 3.24. The topological polar surface area (TPSA) is 70.9 Å². The highest BCUT2D eigenvalue weighted by Crippen LogP contribution is 2.24. The number of rotatable bonds is 2. The summed E-state index contributed by atoms with van der Waals surface area (Å²) in [6, 6.07) is 13.9. The van der Waals surface area contributed by atoms with Crippen LogP contribution in [-0.2, 0) is 0 Å². The van der Waals surface area contributed by atoms with Crippen LogP contribution in [0.3, 0.4) is 0 Å². The van der Waals surface area contributed by atoms with Crippen LogP contribution in [0.5, 0.6) is 11.5 Å². The molecule has 5 nitrogen and oxygen atoms in total. The molecule has 106 valence electrons. The number of phenolic OH excluding ortho intramolecular Hbond substituents is 1. The highest BCUT2D eigenvalue weighted by molar-refractivity contribution is 6.05. The van der Waals surface area contributed by atoms with E-state index in [0.29, 0.717) is 13.0 Å². The molecule has 2 aromatic rings. The second-order valence-corrected chi connectivity index (χ2v) is 4.61. The van der Waals surface area contributed by atoms with E-state index < -0.39 is 5.91 Å². The molecule has 5 heteroatoms. The molecule has 0 fully saturated rings. The Hall–Kier alpha value is -2.82. The summed E-state index contributed by atoms with van der Waals surface area (Å²) in [6.07, 6.45) is 0.623. The molecule has 2 N–H and O–H groups in total. The maximum atomic E-state index is 12.0. The van der Waals surface area contributed by atoms with E-state index in [-0.39, 0.29) is 11.3 Å². The Morgan fingerprint density at radius 1 is 1.14 bits per heavy atom. The third kappa shape index (κ3) is 2.72. The Morgan fingerprint density at radius 2 is 1.90 bits per heavy atom. The summed E-state index contributed by atoms with van der Waals surface area (Å²) in [5, 5.41) is 13.8. The number of carbonyl (C=O) groups excluding carboxylic acids is 1. The smallest absolute Gasteiger partial charge is 0.275 e. The quantitative estimate of drug-likeness (QED) is 0.830. The molecule has 0 aliphatic carbocycles. The maximum Gasteiger partial charge on any atom is 0.275 e. The molecule has 3 rings (SSSR count). The van der Waals surface area contributed by atoms with E-state index in [1.165, 1.54) is 6.07 Å². The van der Waals surface area contributed by atoms with Gasteiger partial charge < -0.3 is 9.84 Å². The van der Waals surface area contributed by atoms with Crippen LogP contribution >= 0.6 is 0 Å². The number of para-hydroxylation sites is 2. The minimum absolute atomic E-state index is 0.0671. The van der Waals surface area contributed by atoms with E-state index in [0.717, 1.165) is 17.0 Å². The molecule has 0 radical (unpaired) electrons. The van der Waals surface area contributed by atoms with Crippen molar-refractivity contribution in [2.75, 3.05) is 6.61 Å². The lowest BCUT2D eigenvalue weighted by atomic mass is 10.0. The van der Waals surface area contributed by atoms with Crippen molar-refractivity contribution >= 4 is 11.6 Å². The molecule has 0 bridgehead atoms. The molecule has 2 aromatic carbocycles. The van der Waals surface area contributed by atoms with E-state index in [1.54, 1.807) is 18.2 Å². The highest BCUT2D eigenvalue weighted by Gasteiger charge is 2.17. The van der Waals surface area contributed by atoms with E-state index in [2.05, 4.69) is 10.5 Å². The molecular formula is C16H14N2O3. The van der Waals surface area contributed by atoms with Crippen LogP contribution in [-0.4, -0.2) is 23.3 Å². The van der Waals surface area contributed by atoms with Crippen molar-refractivity contribution < 1.29 is 14.6 Å². The van der Waals surface area contributed by atoms with Crippen molar-refractivity contribution in [3.05, 3.63) is 59.7 Å². The lowest BCUT2D eigenvalue weighted by Crippen LogP contribution is -2.23. The molecule has 0 unspecified atom stereocenters. The molecule has 1 aliphatic heterocycles. The first-order chi connectivity index (χ1) is 10.3. The zero-order chi connectivity index (χ0) is 14.7. The summed E-state index contributed by atoms with van der Waals surface area (Å²) >= 11 is 0. The Kier molecular flexibility index (Phi) is 3.55. The van der Waals surface area contributed by atoms with Gasteiger partial charge in [-0.15, -0.1) is 0 Å². The average molecular weight is 282 g/mol. The first-order valence-electron chi connectivity index (χ1n) is 6.63. The van der Waals surface area contributed by atoms with Gasteiger partial charge in [0.05, 0.1) is 17.9 Å². The molecule has 21 heavy (non-hydrogen) atoms.